The molecule has 1 aromatic rings. The summed E-state index contributed by atoms with van der Waals surface area (Å²) in [5.74, 6) is -11.4. The molecule has 0 spiro atoms. The van der Waals surface area contributed by atoms with E-state index < -0.39 is 150 Å². The number of carboxylic acid groups (broad SMARTS) is 1. The van der Waals surface area contributed by atoms with Crippen molar-refractivity contribution in [2.24, 2.45) is 62.1 Å². The Hall–Kier alpha value is -8.15. The third-order valence-electron chi connectivity index (χ3n) is 12.9. The van der Waals surface area contributed by atoms with Crippen LogP contribution < -0.4 is 76.9 Å². The zero-order chi connectivity index (χ0) is 61.1. The molecule has 1 aliphatic heterocycles. The fourth-order valence-electron chi connectivity index (χ4n) is 8.39. The van der Waals surface area contributed by atoms with Crippen LogP contribution in [0.15, 0.2) is 40.3 Å². The number of rotatable bonds is 35. The number of carbonyl (C=O) groups excluding carboxylic acids is 10. The zero-order valence-corrected chi connectivity index (χ0v) is 46.9. The lowest BCUT2D eigenvalue weighted by Crippen LogP contribution is -2.61. The van der Waals surface area contributed by atoms with Gasteiger partial charge in [0.2, 0.25) is 59.1 Å². The smallest absolute Gasteiger partial charge is 0.326 e. The lowest BCUT2D eigenvalue weighted by molar-refractivity contribution is -0.143. The largest absolute Gasteiger partial charge is 0.480 e. The Bertz CT molecular complexity index is 2380. The maximum atomic E-state index is 14.3. The number of aliphatic hydroxyl groups excluding tert-OH is 1. The number of hydrogen-bond acceptors (Lipinski definition) is 15. The molecule has 0 bridgehead atoms. The summed E-state index contributed by atoms with van der Waals surface area (Å²) in [5.41, 5.74) is 33.3. The SMILES string of the molecule is CC(C)[C@H](NC(=O)CNC(=O)[C@H](CCCN=C(N)N)NC(=O)[C@@H](NC(=O)[C@@H]1CCCN1C(=O)[C@@H](NC(=O)[C@H](CCCN=C(N)N)NC(=O)[C@@H](N)CO)C(C)C)C(C)C)C(=O)N[C@@H](Cc1ccccc1)C(=O)N[C@@H](CCC(N)=O)C(=O)O. The number of aliphatic carboxylic acids is 1. The summed E-state index contributed by atoms with van der Waals surface area (Å²) < 4.78 is 0. The van der Waals surface area contributed by atoms with E-state index in [1.54, 1.807) is 71.9 Å². The van der Waals surface area contributed by atoms with Gasteiger partial charge >= 0.3 is 5.97 Å². The van der Waals surface area contributed by atoms with E-state index in [9.17, 15) is 63.0 Å². The molecule has 0 saturated carbocycles. The van der Waals surface area contributed by atoms with Crippen LogP contribution in [0.4, 0.5) is 0 Å². The van der Waals surface area contributed by atoms with Gasteiger partial charge < -0.3 is 92.0 Å². The lowest BCUT2D eigenvalue weighted by Gasteiger charge is -2.33. The van der Waals surface area contributed by atoms with Crippen LogP contribution >= 0.6 is 0 Å². The van der Waals surface area contributed by atoms with Gasteiger partial charge in [-0.05, 0) is 68.3 Å². The van der Waals surface area contributed by atoms with E-state index in [0.29, 0.717) is 12.0 Å². The van der Waals surface area contributed by atoms with Crippen LogP contribution in [-0.2, 0) is 59.2 Å². The number of benzene rings is 1. The van der Waals surface area contributed by atoms with Crippen LogP contribution in [0.5, 0.6) is 0 Å². The highest BCUT2D eigenvalue weighted by Gasteiger charge is 2.41. The maximum Gasteiger partial charge on any atom is 0.326 e. The number of amides is 10. The summed E-state index contributed by atoms with van der Waals surface area (Å²) in [4.78, 5) is 156. The molecule has 1 aromatic carbocycles. The molecule has 10 amide bonds. The van der Waals surface area contributed by atoms with Gasteiger partial charge in [0.1, 0.15) is 54.4 Å². The van der Waals surface area contributed by atoms with Crippen molar-refractivity contribution in [2.45, 2.75) is 154 Å². The van der Waals surface area contributed by atoms with Crippen LogP contribution in [0.3, 0.4) is 0 Å². The van der Waals surface area contributed by atoms with Crippen molar-refractivity contribution in [1.82, 2.24) is 47.4 Å². The van der Waals surface area contributed by atoms with E-state index in [0.717, 1.165) is 0 Å². The Morgan fingerprint density at radius 2 is 1.10 bits per heavy atom. The van der Waals surface area contributed by atoms with Gasteiger partial charge in [0.05, 0.1) is 13.2 Å². The number of aliphatic imine (C=N–C) groups is 2. The van der Waals surface area contributed by atoms with Crippen molar-refractivity contribution in [1.29, 1.82) is 0 Å². The Morgan fingerprint density at radius 3 is 1.60 bits per heavy atom. The van der Waals surface area contributed by atoms with Crippen molar-refractivity contribution in [2.75, 3.05) is 32.8 Å². The van der Waals surface area contributed by atoms with Crippen LogP contribution in [0.2, 0.25) is 0 Å². The molecule has 1 fully saturated rings. The number of guanidine groups is 2. The maximum absolute atomic E-state index is 14.3. The van der Waals surface area contributed by atoms with E-state index in [4.69, 9.17) is 34.4 Å². The number of hydrogen-bond donors (Lipinski definition) is 16. The monoisotopic (exact) mass is 1140 g/mol. The van der Waals surface area contributed by atoms with Crippen molar-refractivity contribution >= 4 is 77.0 Å². The molecular formula is C51H85N17O13. The molecule has 81 heavy (non-hydrogen) atoms. The van der Waals surface area contributed by atoms with Gasteiger partial charge in [-0.3, -0.25) is 57.9 Å². The number of nitrogens with one attached hydrogen (secondary N) is 8. The number of carboxylic acids is 1. The van der Waals surface area contributed by atoms with E-state index in [-0.39, 0.29) is 82.9 Å². The third-order valence-corrected chi connectivity index (χ3v) is 12.9. The first kappa shape index (κ1) is 69.0. The van der Waals surface area contributed by atoms with Gasteiger partial charge in [0.15, 0.2) is 11.9 Å². The minimum absolute atomic E-state index is 0.0254. The van der Waals surface area contributed by atoms with Crippen molar-refractivity contribution in [3.63, 3.8) is 0 Å². The Balaban J connectivity index is 2.28. The number of carbonyl (C=O) groups is 11. The number of primary amides is 1. The number of nitrogens with zero attached hydrogens (tertiary/aromatic N) is 3. The Morgan fingerprint density at radius 1 is 0.605 bits per heavy atom. The van der Waals surface area contributed by atoms with Crippen LogP contribution in [0.1, 0.15) is 98.5 Å². The van der Waals surface area contributed by atoms with Crippen LogP contribution in [0, 0.1) is 17.8 Å². The molecule has 0 aromatic heterocycles. The van der Waals surface area contributed by atoms with Gasteiger partial charge in [-0.2, -0.15) is 0 Å². The second-order valence-corrected chi connectivity index (χ2v) is 20.6. The fraction of sp³-hybridized carbons (Fsp3) is 0.627. The predicted octanol–water partition coefficient (Wildman–Crippen LogP) is -5.53. The van der Waals surface area contributed by atoms with Gasteiger partial charge in [0.25, 0.3) is 0 Å². The van der Waals surface area contributed by atoms with Crippen molar-refractivity contribution < 1.29 is 63.0 Å². The molecule has 0 radical (unpaired) electrons. The highest BCUT2D eigenvalue weighted by molar-refractivity contribution is 5.98. The Kier molecular flexibility index (Phi) is 29.6. The lowest BCUT2D eigenvalue weighted by atomic mass is 10.00. The van der Waals surface area contributed by atoms with E-state index in [1.165, 1.54) is 4.90 Å². The topological polar surface area (TPSA) is 509 Å². The number of likely N-dealkylation sites (tertiary alicyclic amines) is 1. The summed E-state index contributed by atoms with van der Waals surface area (Å²) in [6.45, 7) is 8.72. The van der Waals surface area contributed by atoms with Gasteiger partial charge in [-0.15, -0.1) is 0 Å². The molecule has 1 saturated heterocycles. The molecular weight excluding hydrogens is 1060 g/mol. The number of aliphatic hydroxyl groups is 1. The molecule has 30 nitrogen and oxygen atoms in total. The first-order chi connectivity index (χ1) is 38.1. The molecule has 1 aliphatic rings. The summed E-state index contributed by atoms with van der Waals surface area (Å²) >= 11 is 0. The molecule has 2 rings (SSSR count). The minimum atomic E-state index is -1.52. The van der Waals surface area contributed by atoms with E-state index in [1.807, 2.05) is 0 Å². The average Bonchev–Trinajstić information content (AvgIpc) is 3.94. The second-order valence-electron chi connectivity index (χ2n) is 20.6. The van der Waals surface area contributed by atoms with E-state index >= 15 is 0 Å². The predicted molar refractivity (Wildman–Crippen MR) is 297 cm³/mol. The van der Waals surface area contributed by atoms with Gasteiger partial charge in [0, 0.05) is 32.5 Å². The molecule has 452 valence electrons. The first-order valence-corrected chi connectivity index (χ1v) is 26.8. The van der Waals surface area contributed by atoms with Crippen LogP contribution in [-0.4, -0.2) is 179 Å². The third kappa shape index (κ3) is 24.4. The molecule has 1 heterocycles. The van der Waals surface area contributed by atoms with Crippen molar-refractivity contribution in [3.05, 3.63) is 35.9 Å². The summed E-state index contributed by atoms with van der Waals surface area (Å²) in [5, 5.41) is 39.6. The van der Waals surface area contributed by atoms with Crippen molar-refractivity contribution in [3.8, 4) is 0 Å². The Labute approximate surface area is 470 Å². The average molecular weight is 1140 g/mol. The molecule has 9 atom stereocenters. The quantitative estimate of drug-likeness (QED) is 0.0171. The first-order valence-electron chi connectivity index (χ1n) is 26.8. The number of nitrogens with two attached hydrogens (primary N) is 6. The normalized spacial score (nSPS) is 15.9. The van der Waals surface area contributed by atoms with Crippen LogP contribution in [0.25, 0.3) is 0 Å². The molecule has 22 N–H and O–H groups in total. The second kappa shape index (κ2) is 34.8. The minimum Gasteiger partial charge on any atom is -0.480 e. The zero-order valence-electron chi connectivity index (χ0n) is 46.9. The summed E-state index contributed by atoms with van der Waals surface area (Å²) in [6, 6.07) is -3.12. The summed E-state index contributed by atoms with van der Waals surface area (Å²) in [6.07, 6.45) is 0.185. The standard InChI is InChI=1S/C51H85N17O13/c1-26(2)38(46(77)64-34(23-29-13-8-7-9-14-29)44(75)63-33(49(80)81)18-19-36(53)70)65-37(71)24-60-42(73)31(15-10-20-58-50(54)55)62-47(78)39(27(3)4)66-45(76)35-17-12-22-68(35)48(79)40(28(5)6)67-43(74)32(16-11-21-59-51(56)57)61-41(72)30(52)25-69/h7-9,13-14,26-28,30-35,38-40,69H,10-12,15-25,52H2,1-6H3,(H2,53,70)(H,60,73)(H,61,72)(H,62,78)(H,63,75)(H,64,77)(H,65,71)(H,66,76)(H,67,74)(H,80,81)(H4,54,55,58)(H4,56,57,59)/t30-,31-,32-,33-,34-,35-,38-,39-,40-/m0/s1. The molecule has 0 unspecified atom stereocenters. The van der Waals surface area contributed by atoms with Gasteiger partial charge in [-0.1, -0.05) is 71.9 Å². The molecule has 30 heteroatoms. The van der Waals surface area contributed by atoms with E-state index in [2.05, 4.69) is 52.5 Å². The highest BCUT2D eigenvalue weighted by atomic mass is 16.4. The molecule has 0 aliphatic carbocycles. The fourth-order valence-corrected chi connectivity index (χ4v) is 8.39. The highest BCUT2D eigenvalue weighted by Crippen LogP contribution is 2.22. The summed E-state index contributed by atoms with van der Waals surface area (Å²) in [7, 11) is 0. The van der Waals surface area contributed by atoms with Gasteiger partial charge in [-0.25, -0.2) is 4.79 Å².